The lowest BCUT2D eigenvalue weighted by atomic mass is 10.1. The molecule has 1 aromatic rings. The second-order valence-electron chi connectivity index (χ2n) is 3.93. The lowest BCUT2D eigenvalue weighted by Crippen LogP contribution is -2.31. The molecule has 0 aliphatic heterocycles. The van der Waals surface area contributed by atoms with Crippen LogP contribution < -0.4 is 11.1 Å². The quantitative estimate of drug-likeness (QED) is 0.831. The van der Waals surface area contributed by atoms with Crippen molar-refractivity contribution in [2.75, 3.05) is 18.4 Å². The number of nitrogens with zero attached hydrogens (tertiary/aromatic N) is 1. The number of benzene rings is 1. The molecule has 0 saturated heterocycles. The Morgan fingerprint density at radius 3 is 2.17 bits per heavy atom. The van der Waals surface area contributed by atoms with Crippen molar-refractivity contribution in [1.29, 1.82) is 0 Å². The summed E-state index contributed by atoms with van der Waals surface area (Å²) in [5.74, 6) is 0.107. The van der Waals surface area contributed by atoms with Gasteiger partial charge >= 0.3 is 6.03 Å². The summed E-state index contributed by atoms with van der Waals surface area (Å²) in [6.45, 7) is 5.36. The lowest BCUT2D eigenvalue weighted by Gasteiger charge is -2.18. The topological polar surface area (TPSA) is 75.4 Å². The van der Waals surface area contributed by atoms with E-state index in [1.165, 1.54) is 0 Å². The van der Waals surface area contributed by atoms with E-state index in [1.54, 1.807) is 17.0 Å². The van der Waals surface area contributed by atoms with Crippen LogP contribution in [-0.2, 0) is 11.2 Å². The molecule has 0 spiro atoms. The summed E-state index contributed by atoms with van der Waals surface area (Å²) in [5, 5.41) is 2.47. The average molecular weight is 249 g/mol. The summed E-state index contributed by atoms with van der Waals surface area (Å²) in [6, 6.07) is 6.49. The van der Waals surface area contributed by atoms with Crippen LogP contribution in [0.5, 0.6) is 0 Å². The monoisotopic (exact) mass is 249 g/mol. The fraction of sp³-hybridized carbons (Fsp3) is 0.385. The number of urea groups is 1. The third-order valence-electron chi connectivity index (χ3n) is 2.69. The van der Waals surface area contributed by atoms with Crippen LogP contribution in [0.15, 0.2) is 24.3 Å². The van der Waals surface area contributed by atoms with E-state index >= 15 is 0 Å². The molecule has 0 bridgehead atoms. The standard InChI is InChI=1S/C13H19N3O2/c1-3-16(4-2)12(17)9-10-5-7-11(8-6-10)15-13(14)18/h5-8H,3-4,9H2,1-2H3,(H3,14,15,18). The lowest BCUT2D eigenvalue weighted by molar-refractivity contribution is -0.130. The molecule has 1 rings (SSSR count). The van der Waals surface area contributed by atoms with Gasteiger partial charge in [-0.05, 0) is 31.5 Å². The van der Waals surface area contributed by atoms with Gasteiger partial charge in [-0.2, -0.15) is 0 Å². The predicted octanol–water partition coefficient (Wildman–Crippen LogP) is 1.59. The highest BCUT2D eigenvalue weighted by atomic mass is 16.2. The molecular weight excluding hydrogens is 230 g/mol. The van der Waals surface area contributed by atoms with Crippen LogP contribution >= 0.6 is 0 Å². The van der Waals surface area contributed by atoms with Gasteiger partial charge in [-0.25, -0.2) is 4.79 Å². The van der Waals surface area contributed by atoms with E-state index in [9.17, 15) is 9.59 Å². The molecule has 5 nitrogen and oxygen atoms in total. The highest BCUT2D eigenvalue weighted by Crippen LogP contribution is 2.10. The van der Waals surface area contributed by atoms with Crippen molar-refractivity contribution in [1.82, 2.24) is 4.90 Å². The van der Waals surface area contributed by atoms with Gasteiger partial charge < -0.3 is 16.0 Å². The van der Waals surface area contributed by atoms with Gasteiger partial charge in [-0.3, -0.25) is 4.79 Å². The zero-order valence-electron chi connectivity index (χ0n) is 10.8. The highest BCUT2D eigenvalue weighted by molar-refractivity contribution is 5.87. The van der Waals surface area contributed by atoms with Gasteiger partial charge in [0.2, 0.25) is 5.91 Å². The van der Waals surface area contributed by atoms with Crippen molar-refractivity contribution >= 4 is 17.6 Å². The Kier molecular flexibility index (Phi) is 5.17. The molecule has 0 aliphatic rings. The minimum Gasteiger partial charge on any atom is -0.351 e. The molecule has 98 valence electrons. The van der Waals surface area contributed by atoms with Crippen molar-refractivity contribution in [3.05, 3.63) is 29.8 Å². The molecule has 1 aromatic carbocycles. The summed E-state index contributed by atoms with van der Waals surface area (Å²) in [4.78, 5) is 24.3. The number of nitrogens with two attached hydrogens (primary N) is 1. The molecule has 3 N–H and O–H groups in total. The Bertz CT molecular complexity index is 411. The first-order chi connectivity index (χ1) is 8.56. The van der Waals surface area contributed by atoms with Gasteiger partial charge in [0.05, 0.1) is 6.42 Å². The van der Waals surface area contributed by atoms with Crippen LogP contribution in [0.1, 0.15) is 19.4 Å². The molecule has 3 amide bonds. The number of carbonyl (C=O) groups excluding carboxylic acids is 2. The largest absolute Gasteiger partial charge is 0.351 e. The van der Waals surface area contributed by atoms with E-state index in [0.29, 0.717) is 12.1 Å². The van der Waals surface area contributed by atoms with Crippen LogP contribution in [0.4, 0.5) is 10.5 Å². The molecule has 18 heavy (non-hydrogen) atoms. The molecule has 0 saturated carbocycles. The fourth-order valence-corrected chi connectivity index (χ4v) is 1.71. The predicted molar refractivity (Wildman–Crippen MR) is 71.3 cm³/mol. The minimum atomic E-state index is -0.595. The number of likely N-dealkylation sites (N-methyl/N-ethyl adjacent to an activating group) is 1. The van der Waals surface area contributed by atoms with Crippen LogP contribution in [0.25, 0.3) is 0 Å². The van der Waals surface area contributed by atoms with Gasteiger partial charge in [0.15, 0.2) is 0 Å². The molecule has 0 aliphatic carbocycles. The first kappa shape index (κ1) is 14.0. The second-order valence-corrected chi connectivity index (χ2v) is 3.93. The van der Waals surface area contributed by atoms with Crippen molar-refractivity contribution in [2.45, 2.75) is 20.3 Å². The minimum absolute atomic E-state index is 0.107. The molecule has 5 heteroatoms. The molecule has 0 aromatic heterocycles. The van der Waals surface area contributed by atoms with Crippen molar-refractivity contribution < 1.29 is 9.59 Å². The van der Waals surface area contributed by atoms with Gasteiger partial charge in [0.25, 0.3) is 0 Å². The number of carbonyl (C=O) groups is 2. The summed E-state index contributed by atoms with van der Waals surface area (Å²) < 4.78 is 0. The van der Waals surface area contributed by atoms with Gasteiger partial charge in [0, 0.05) is 18.8 Å². The zero-order chi connectivity index (χ0) is 13.5. The Labute approximate surface area is 107 Å². The van der Waals surface area contributed by atoms with E-state index in [0.717, 1.165) is 18.7 Å². The zero-order valence-corrected chi connectivity index (χ0v) is 10.8. The van der Waals surface area contributed by atoms with Crippen LogP contribution in [0, 0.1) is 0 Å². The smallest absolute Gasteiger partial charge is 0.316 e. The molecule has 0 heterocycles. The van der Waals surface area contributed by atoms with E-state index < -0.39 is 6.03 Å². The molecular formula is C13H19N3O2. The Morgan fingerprint density at radius 2 is 1.72 bits per heavy atom. The van der Waals surface area contributed by atoms with Crippen molar-refractivity contribution in [3.63, 3.8) is 0 Å². The van der Waals surface area contributed by atoms with E-state index in [1.807, 2.05) is 26.0 Å². The van der Waals surface area contributed by atoms with Crippen molar-refractivity contribution in [2.24, 2.45) is 5.73 Å². The SMILES string of the molecule is CCN(CC)C(=O)Cc1ccc(NC(N)=O)cc1. The first-order valence-corrected chi connectivity index (χ1v) is 6.00. The number of primary amides is 1. The third-order valence-corrected chi connectivity index (χ3v) is 2.69. The van der Waals surface area contributed by atoms with E-state index in [-0.39, 0.29) is 5.91 Å². The molecule has 0 radical (unpaired) electrons. The van der Waals surface area contributed by atoms with Crippen LogP contribution in [0.3, 0.4) is 0 Å². The van der Waals surface area contributed by atoms with Crippen LogP contribution in [0.2, 0.25) is 0 Å². The Balaban J connectivity index is 2.63. The molecule has 0 fully saturated rings. The number of anilines is 1. The highest BCUT2D eigenvalue weighted by Gasteiger charge is 2.10. The third kappa shape index (κ3) is 4.08. The second kappa shape index (κ2) is 6.64. The van der Waals surface area contributed by atoms with Crippen molar-refractivity contribution in [3.8, 4) is 0 Å². The van der Waals surface area contributed by atoms with E-state index in [2.05, 4.69) is 5.32 Å². The fourth-order valence-electron chi connectivity index (χ4n) is 1.71. The molecule has 0 atom stereocenters. The average Bonchev–Trinajstić information content (AvgIpc) is 2.32. The Morgan fingerprint density at radius 1 is 1.17 bits per heavy atom. The number of hydrogen-bond acceptors (Lipinski definition) is 2. The van der Waals surface area contributed by atoms with Gasteiger partial charge in [-0.1, -0.05) is 12.1 Å². The number of amides is 3. The normalized spacial score (nSPS) is 9.89. The maximum absolute atomic E-state index is 11.9. The first-order valence-electron chi connectivity index (χ1n) is 6.00. The number of rotatable bonds is 5. The summed E-state index contributed by atoms with van der Waals surface area (Å²) >= 11 is 0. The summed E-state index contributed by atoms with van der Waals surface area (Å²) in [7, 11) is 0. The van der Waals surface area contributed by atoms with Gasteiger partial charge in [0.1, 0.15) is 0 Å². The summed E-state index contributed by atoms with van der Waals surface area (Å²) in [5.41, 5.74) is 6.55. The Hall–Kier alpha value is -2.04. The number of hydrogen-bond donors (Lipinski definition) is 2. The maximum atomic E-state index is 11.9. The maximum Gasteiger partial charge on any atom is 0.316 e. The van der Waals surface area contributed by atoms with Crippen LogP contribution in [-0.4, -0.2) is 29.9 Å². The number of nitrogens with one attached hydrogen (secondary N) is 1. The van der Waals surface area contributed by atoms with Gasteiger partial charge in [-0.15, -0.1) is 0 Å². The summed E-state index contributed by atoms with van der Waals surface area (Å²) in [6.07, 6.45) is 0.374. The van der Waals surface area contributed by atoms with E-state index in [4.69, 9.17) is 5.73 Å². The molecule has 0 unspecified atom stereocenters.